The van der Waals surface area contributed by atoms with E-state index in [0.29, 0.717) is 16.2 Å². The zero-order valence-corrected chi connectivity index (χ0v) is 14.5. The van der Waals surface area contributed by atoms with Crippen molar-refractivity contribution in [1.29, 1.82) is 0 Å². The van der Waals surface area contributed by atoms with Crippen molar-refractivity contribution in [3.05, 3.63) is 77.1 Å². The summed E-state index contributed by atoms with van der Waals surface area (Å²) in [7, 11) is 0. The van der Waals surface area contributed by atoms with Crippen molar-refractivity contribution in [1.82, 2.24) is 4.90 Å². The number of furan rings is 1. The highest BCUT2D eigenvalue weighted by molar-refractivity contribution is 8.26. The summed E-state index contributed by atoms with van der Waals surface area (Å²) < 4.78 is 5.35. The first-order valence-corrected chi connectivity index (χ1v) is 8.53. The first-order valence-electron chi connectivity index (χ1n) is 7.31. The summed E-state index contributed by atoms with van der Waals surface area (Å²) in [6, 6.07) is 10.7. The number of amides is 1. The first-order chi connectivity index (χ1) is 12.1. The molecular weight excluding hydrogens is 358 g/mol. The highest BCUT2D eigenvalue weighted by Crippen LogP contribution is 2.37. The number of carboxylic acid groups (broad SMARTS) is 1. The van der Waals surface area contributed by atoms with E-state index in [1.807, 2.05) is 0 Å². The van der Waals surface area contributed by atoms with Crippen LogP contribution in [0.15, 0.2) is 70.2 Å². The number of thiocarbonyl (C=S) groups is 1. The number of aliphatic carboxylic acids is 1. The quantitative estimate of drug-likeness (QED) is 0.595. The Bertz CT molecular complexity index is 856. The molecule has 1 fully saturated rings. The normalized spacial score (nSPS) is 17.6. The summed E-state index contributed by atoms with van der Waals surface area (Å²) in [5.74, 6) is -1.20. The molecule has 5 nitrogen and oxygen atoms in total. The molecule has 0 bridgehead atoms. The molecule has 0 N–H and O–H groups in total. The van der Waals surface area contributed by atoms with E-state index in [2.05, 4.69) is 0 Å². The molecule has 0 saturated carbocycles. The van der Waals surface area contributed by atoms with Crippen LogP contribution >= 0.6 is 24.0 Å². The number of carbonyl (C=O) groups is 2. The molecular formula is C18H12NO4S2-. The lowest BCUT2D eigenvalue weighted by atomic mass is 10.1. The predicted octanol–water partition coefficient (Wildman–Crippen LogP) is 2.53. The van der Waals surface area contributed by atoms with Crippen molar-refractivity contribution in [2.75, 3.05) is 0 Å². The van der Waals surface area contributed by atoms with Crippen LogP contribution in [0.2, 0.25) is 0 Å². The summed E-state index contributed by atoms with van der Waals surface area (Å²) in [6.45, 7) is 0. The molecule has 1 atom stereocenters. The molecule has 1 saturated heterocycles. The molecule has 2 aromatic rings. The van der Waals surface area contributed by atoms with Gasteiger partial charge in [0.15, 0.2) is 0 Å². The van der Waals surface area contributed by atoms with Crippen molar-refractivity contribution < 1.29 is 19.1 Å². The Labute approximate surface area is 153 Å². The lowest BCUT2D eigenvalue weighted by Gasteiger charge is -2.27. The van der Waals surface area contributed by atoms with E-state index in [-0.39, 0.29) is 4.32 Å². The van der Waals surface area contributed by atoms with Gasteiger partial charge in [0.05, 0.1) is 17.1 Å². The van der Waals surface area contributed by atoms with Gasteiger partial charge in [-0.1, -0.05) is 60.4 Å². The maximum absolute atomic E-state index is 12.6. The smallest absolute Gasteiger partial charge is 0.267 e. The molecule has 1 aromatic heterocycles. The molecule has 0 spiro atoms. The SMILES string of the molecule is O=C([O-])[C@H](c1ccccc1)N1C(=O)/C(=C/C=C/c2ccco2)SC1=S. The topological polar surface area (TPSA) is 73.6 Å². The van der Waals surface area contributed by atoms with Gasteiger partial charge >= 0.3 is 0 Å². The zero-order chi connectivity index (χ0) is 17.8. The van der Waals surface area contributed by atoms with Crippen molar-refractivity contribution in [2.45, 2.75) is 6.04 Å². The van der Waals surface area contributed by atoms with Crippen molar-refractivity contribution >= 4 is 46.3 Å². The van der Waals surface area contributed by atoms with Gasteiger partial charge in [0.1, 0.15) is 16.1 Å². The molecule has 0 radical (unpaired) electrons. The second-order valence-corrected chi connectivity index (χ2v) is 6.76. The van der Waals surface area contributed by atoms with E-state index in [0.717, 1.165) is 16.7 Å². The predicted molar refractivity (Wildman–Crippen MR) is 97.1 cm³/mol. The van der Waals surface area contributed by atoms with E-state index in [1.165, 1.54) is 0 Å². The van der Waals surface area contributed by atoms with Crippen LogP contribution in [0.4, 0.5) is 0 Å². The number of benzene rings is 1. The fourth-order valence-corrected chi connectivity index (χ4v) is 3.62. The minimum atomic E-state index is -1.38. The molecule has 1 aromatic carbocycles. The van der Waals surface area contributed by atoms with Crippen molar-refractivity contribution in [3.63, 3.8) is 0 Å². The standard InChI is InChI=1S/C18H13NO4S2/c20-16-14(10-4-8-13-9-5-11-23-13)25-18(24)19(16)15(17(21)22)12-6-2-1-3-7-12/h1-11,15H,(H,21,22)/p-1/b8-4+,14-10-/t15-/m0/s1. The lowest BCUT2D eigenvalue weighted by molar-refractivity contribution is -0.310. The summed E-state index contributed by atoms with van der Waals surface area (Å²) in [6.07, 6.45) is 6.48. The summed E-state index contributed by atoms with van der Waals surface area (Å²) in [5, 5.41) is 11.6. The fourth-order valence-electron chi connectivity index (χ4n) is 2.36. The molecule has 7 heteroatoms. The van der Waals surface area contributed by atoms with E-state index < -0.39 is 17.9 Å². The van der Waals surface area contributed by atoms with Crippen LogP contribution in [0, 0.1) is 0 Å². The minimum absolute atomic E-state index is 0.181. The Kier molecular flexibility index (Phi) is 5.16. The number of thioether (sulfide) groups is 1. The molecule has 1 aliphatic heterocycles. The molecule has 126 valence electrons. The van der Waals surface area contributed by atoms with Gasteiger partial charge in [-0.25, -0.2) is 0 Å². The van der Waals surface area contributed by atoms with Gasteiger partial charge in [-0.15, -0.1) is 0 Å². The summed E-state index contributed by atoms with van der Waals surface area (Å²) in [5.41, 5.74) is 0.436. The maximum Gasteiger partial charge on any atom is 0.267 e. The highest BCUT2D eigenvalue weighted by Gasteiger charge is 2.38. The second kappa shape index (κ2) is 7.50. The Morgan fingerprint density at radius 1 is 1.24 bits per heavy atom. The number of hydrogen-bond acceptors (Lipinski definition) is 6. The Balaban J connectivity index is 1.86. The Morgan fingerprint density at radius 3 is 2.64 bits per heavy atom. The van der Waals surface area contributed by atoms with E-state index >= 15 is 0 Å². The average molecular weight is 370 g/mol. The number of hydrogen-bond donors (Lipinski definition) is 0. The largest absolute Gasteiger partial charge is 0.547 e. The number of nitrogens with zero attached hydrogens (tertiary/aromatic N) is 1. The fraction of sp³-hybridized carbons (Fsp3) is 0.0556. The molecule has 25 heavy (non-hydrogen) atoms. The third-order valence-electron chi connectivity index (χ3n) is 3.47. The highest BCUT2D eigenvalue weighted by atomic mass is 32.2. The van der Waals surface area contributed by atoms with Gasteiger partial charge in [0, 0.05) is 0 Å². The van der Waals surface area contributed by atoms with E-state index in [9.17, 15) is 14.7 Å². The molecule has 2 heterocycles. The Morgan fingerprint density at radius 2 is 2.00 bits per heavy atom. The van der Waals surface area contributed by atoms with Crippen LogP contribution in [-0.2, 0) is 9.59 Å². The molecule has 0 unspecified atom stereocenters. The minimum Gasteiger partial charge on any atom is -0.547 e. The summed E-state index contributed by atoms with van der Waals surface area (Å²) >= 11 is 6.27. The number of rotatable bonds is 5. The van der Waals surface area contributed by atoms with Crippen molar-refractivity contribution in [3.8, 4) is 0 Å². The average Bonchev–Trinajstić information content (AvgIpc) is 3.20. The summed E-state index contributed by atoms with van der Waals surface area (Å²) in [4.78, 5) is 25.7. The van der Waals surface area contributed by atoms with Gasteiger partial charge in [-0.3, -0.25) is 9.69 Å². The third kappa shape index (κ3) is 3.72. The van der Waals surface area contributed by atoms with Crippen LogP contribution < -0.4 is 5.11 Å². The number of allylic oxidation sites excluding steroid dienone is 2. The van der Waals surface area contributed by atoms with Gasteiger partial charge in [0.25, 0.3) is 5.91 Å². The van der Waals surface area contributed by atoms with Crippen LogP contribution in [0.3, 0.4) is 0 Å². The molecule has 1 amide bonds. The van der Waals surface area contributed by atoms with Crippen LogP contribution in [-0.4, -0.2) is 21.1 Å². The van der Waals surface area contributed by atoms with Gasteiger partial charge in [-0.05, 0) is 29.8 Å². The van der Waals surface area contributed by atoms with Crippen LogP contribution in [0.5, 0.6) is 0 Å². The molecule has 3 rings (SSSR count). The number of carboxylic acids is 1. The molecule has 1 aliphatic rings. The van der Waals surface area contributed by atoms with E-state index in [4.69, 9.17) is 16.6 Å². The lowest BCUT2D eigenvalue weighted by Crippen LogP contribution is -2.43. The van der Waals surface area contributed by atoms with Crippen molar-refractivity contribution in [2.24, 2.45) is 0 Å². The zero-order valence-electron chi connectivity index (χ0n) is 12.8. The Hall–Kier alpha value is -2.64. The van der Waals surface area contributed by atoms with Gasteiger partial charge in [0.2, 0.25) is 0 Å². The van der Waals surface area contributed by atoms with Gasteiger partial charge in [-0.2, -0.15) is 0 Å². The maximum atomic E-state index is 12.6. The van der Waals surface area contributed by atoms with Crippen LogP contribution in [0.25, 0.3) is 6.08 Å². The molecule has 0 aliphatic carbocycles. The first kappa shape index (κ1) is 17.2. The van der Waals surface area contributed by atoms with Crippen LogP contribution in [0.1, 0.15) is 17.4 Å². The second-order valence-electron chi connectivity index (χ2n) is 5.08. The van der Waals surface area contributed by atoms with E-state index in [1.54, 1.807) is 67.0 Å². The monoisotopic (exact) mass is 370 g/mol. The van der Waals surface area contributed by atoms with Gasteiger partial charge < -0.3 is 14.3 Å². The third-order valence-corrected chi connectivity index (χ3v) is 4.82. The number of carbonyl (C=O) groups excluding carboxylic acids is 2.